The Morgan fingerprint density at radius 1 is 1.67 bits per heavy atom. The fourth-order valence-electron chi connectivity index (χ4n) is 0.825. The summed E-state index contributed by atoms with van der Waals surface area (Å²) in [5, 5.41) is 3.43. The van der Waals surface area contributed by atoms with Crippen molar-refractivity contribution >= 4 is 27.5 Å². The van der Waals surface area contributed by atoms with E-state index in [4.69, 9.17) is 5.73 Å². The van der Waals surface area contributed by atoms with Gasteiger partial charge in [-0.2, -0.15) is 0 Å². The third kappa shape index (κ3) is 4.55. The minimum absolute atomic E-state index is 0.135. The van der Waals surface area contributed by atoms with Crippen molar-refractivity contribution in [2.24, 2.45) is 5.73 Å². The van der Waals surface area contributed by atoms with Crippen molar-refractivity contribution in [1.82, 2.24) is 10.3 Å². The lowest BCUT2D eigenvalue weighted by Gasteiger charge is -2.08. The Kier molecular flexibility index (Phi) is 5.52. The molecule has 0 radical (unpaired) electrons. The minimum atomic E-state index is -0.462. The van der Waals surface area contributed by atoms with Crippen molar-refractivity contribution in [3.63, 3.8) is 0 Å². The molecule has 3 N–H and O–H groups in total. The number of likely N-dealkylation sites (N-methyl/N-ethyl adjacent to an activating group) is 1. The van der Waals surface area contributed by atoms with Crippen molar-refractivity contribution in [1.29, 1.82) is 0 Å². The van der Waals surface area contributed by atoms with E-state index in [1.54, 1.807) is 13.2 Å². The molecule has 1 unspecified atom stereocenters. The van der Waals surface area contributed by atoms with E-state index in [-0.39, 0.29) is 5.91 Å². The van der Waals surface area contributed by atoms with E-state index in [1.165, 1.54) is 21.6 Å². The van der Waals surface area contributed by atoms with Gasteiger partial charge in [-0.15, -0.1) is 0 Å². The van der Waals surface area contributed by atoms with Crippen LogP contribution in [0.25, 0.3) is 0 Å². The minimum Gasteiger partial charge on any atom is -0.358 e. The molecule has 1 rings (SSSR count). The molecule has 1 atom stereocenters. The Hall–Kier alpha value is -0.720. The van der Waals surface area contributed by atoms with Gasteiger partial charge in [0.2, 0.25) is 5.91 Å². The summed E-state index contributed by atoms with van der Waals surface area (Å²) in [5.74, 6) is 0.435. The maximum absolute atomic E-state index is 11.1. The van der Waals surface area contributed by atoms with Gasteiger partial charge in [0.25, 0.3) is 0 Å². The standard InChI is InChI=1S/C9H13N3OS2/c1-11-9(13)7(10)6-14-15-8-4-2-3-5-12-8/h2-5,7H,6,10H2,1H3,(H,11,13). The topological polar surface area (TPSA) is 68.0 Å². The number of nitrogens with two attached hydrogens (primary N) is 1. The quantitative estimate of drug-likeness (QED) is 0.752. The van der Waals surface area contributed by atoms with Crippen LogP contribution in [0.1, 0.15) is 0 Å². The van der Waals surface area contributed by atoms with E-state index < -0.39 is 6.04 Å². The van der Waals surface area contributed by atoms with Gasteiger partial charge in [0.1, 0.15) is 5.03 Å². The highest BCUT2D eigenvalue weighted by atomic mass is 33.1. The molecule has 0 fully saturated rings. The zero-order chi connectivity index (χ0) is 11.1. The molecule has 0 aliphatic heterocycles. The number of carbonyl (C=O) groups is 1. The first-order valence-corrected chi connectivity index (χ1v) is 6.73. The number of nitrogens with one attached hydrogen (secondary N) is 1. The zero-order valence-corrected chi connectivity index (χ0v) is 9.98. The normalized spacial score (nSPS) is 12.1. The van der Waals surface area contributed by atoms with Gasteiger partial charge in [-0.3, -0.25) is 4.79 Å². The SMILES string of the molecule is CNC(=O)C(N)CSSc1ccccn1. The third-order valence-corrected chi connectivity index (χ3v) is 3.91. The summed E-state index contributed by atoms with van der Waals surface area (Å²) in [6.45, 7) is 0. The van der Waals surface area contributed by atoms with Gasteiger partial charge in [0.05, 0.1) is 6.04 Å². The Labute approximate surface area is 96.8 Å². The monoisotopic (exact) mass is 243 g/mol. The number of amides is 1. The van der Waals surface area contributed by atoms with Gasteiger partial charge >= 0.3 is 0 Å². The second-order valence-electron chi connectivity index (χ2n) is 2.76. The van der Waals surface area contributed by atoms with Crippen LogP contribution in [0, 0.1) is 0 Å². The molecule has 0 aliphatic rings. The van der Waals surface area contributed by atoms with E-state index in [0.29, 0.717) is 5.75 Å². The molecule has 1 heterocycles. The summed E-state index contributed by atoms with van der Waals surface area (Å²) in [5.41, 5.74) is 5.63. The predicted octanol–water partition coefficient (Wildman–Crippen LogP) is 0.895. The molecule has 6 heteroatoms. The first-order chi connectivity index (χ1) is 7.24. The molecule has 0 spiro atoms. The number of pyridine rings is 1. The van der Waals surface area contributed by atoms with Crippen molar-refractivity contribution in [2.75, 3.05) is 12.8 Å². The number of hydrogen-bond donors (Lipinski definition) is 2. The highest BCUT2D eigenvalue weighted by Gasteiger charge is 2.11. The smallest absolute Gasteiger partial charge is 0.237 e. The zero-order valence-electron chi connectivity index (χ0n) is 8.34. The average molecular weight is 243 g/mol. The molecular weight excluding hydrogens is 230 g/mol. The number of rotatable bonds is 5. The van der Waals surface area contributed by atoms with Crippen LogP contribution in [0.15, 0.2) is 29.4 Å². The average Bonchev–Trinajstić information content (AvgIpc) is 2.29. The number of hydrogen-bond acceptors (Lipinski definition) is 5. The maximum atomic E-state index is 11.1. The number of nitrogens with zero attached hydrogens (tertiary/aromatic N) is 1. The molecule has 0 aromatic carbocycles. The lowest BCUT2D eigenvalue weighted by atomic mass is 10.3. The van der Waals surface area contributed by atoms with Crippen molar-refractivity contribution in [3.05, 3.63) is 24.4 Å². The summed E-state index contributed by atoms with van der Waals surface area (Å²) in [6, 6.07) is 5.25. The summed E-state index contributed by atoms with van der Waals surface area (Å²) in [6.07, 6.45) is 1.74. The van der Waals surface area contributed by atoms with Crippen LogP contribution < -0.4 is 11.1 Å². The lowest BCUT2D eigenvalue weighted by molar-refractivity contribution is -0.121. The molecule has 0 bridgehead atoms. The van der Waals surface area contributed by atoms with E-state index >= 15 is 0 Å². The van der Waals surface area contributed by atoms with Crippen molar-refractivity contribution < 1.29 is 4.79 Å². The van der Waals surface area contributed by atoms with E-state index in [0.717, 1.165) is 5.03 Å². The van der Waals surface area contributed by atoms with Crippen LogP contribution in [0.5, 0.6) is 0 Å². The van der Waals surface area contributed by atoms with Crippen molar-refractivity contribution in [2.45, 2.75) is 11.1 Å². The van der Waals surface area contributed by atoms with Gasteiger partial charge in [-0.05, 0) is 22.9 Å². The van der Waals surface area contributed by atoms with E-state index in [2.05, 4.69) is 10.3 Å². The van der Waals surface area contributed by atoms with E-state index in [1.807, 2.05) is 18.2 Å². The van der Waals surface area contributed by atoms with Gasteiger partial charge in [0, 0.05) is 19.0 Å². The highest BCUT2D eigenvalue weighted by molar-refractivity contribution is 8.76. The molecule has 1 aromatic heterocycles. The highest BCUT2D eigenvalue weighted by Crippen LogP contribution is 2.28. The summed E-state index contributed by atoms with van der Waals surface area (Å²) in [7, 11) is 4.63. The molecule has 0 aliphatic carbocycles. The Balaban J connectivity index is 2.25. The predicted molar refractivity (Wildman–Crippen MR) is 64.6 cm³/mol. The van der Waals surface area contributed by atoms with Crippen molar-refractivity contribution in [3.8, 4) is 0 Å². The molecule has 0 saturated heterocycles. The Morgan fingerprint density at radius 2 is 2.47 bits per heavy atom. The first kappa shape index (κ1) is 12.4. The van der Waals surface area contributed by atoms with Crippen LogP contribution in [-0.2, 0) is 4.79 Å². The number of carbonyl (C=O) groups excluding carboxylic acids is 1. The van der Waals surface area contributed by atoms with Crippen LogP contribution in [0.4, 0.5) is 0 Å². The summed E-state index contributed by atoms with van der Waals surface area (Å²) < 4.78 is 0. The second kappa shape index (κ2) is 6.71. The molecule has 0 saturated carbocycles. The molecular formula is C9H13N3OS2. The van der Waals surface area contributed by atoms with Crippen LogP contribution in [0.2, 0.25) is 0 Å². The first-order valence-electron chi connectivity index (χ1n) is 4.41. The fraction of sp³-hybridized carbons (Fsp3) is 0.333. The number of aromatic nitrogens is 1. The van der Waals surface area contributed by atoms with Crippen LogP contribution in [-0.4, -0.2) is 29.7 Å². The summed E-state index contributed by atoms with van der Waals surface area (Å²) >= 11 is 0. The van der Waals surface area contributed by atoms with Gasteiger partial charge in [-0.25, -0.2) is 4.98 Å². The van der Waals surface area contributed by atoms with Gasteiger partial charge < -0.3 is 11.1 Å². The van der Waals surface area contributed by atoms with Gasteiger partial charge in [0.15, 0.2) is 0 Å². The fourth-order valence-corrected chi connectivity index (χ4v) is 2.85. The van der Waals surface area contributed by atoms with Crippen LogP contribution >= 0.6 is 21.6 Å². The second-order valence-corrected chi connectivity index (χ2v) is 5.12. The van der Waals surface area contributed by atoms with Gasteiger partial charge in [-0.1, -0.05) is 16.9 Å². The summed E-state index contributed by atoms with van der Waals surface area (Å²) in [4.78, 5) is 15.2. The van der Waals surface area contributed by atoms with E-state index in [9.17, 15) is 4.79 Å². The maximum Gasteiger partial charge on any atom is 0.237 e. The third-order valence-electron chi connectivity index (χ3n) is 1.61. The molecule has 1 amide bonds. The van der Waals surface area contributed by atoms with Crippen LogP contribution in [0.3, 0.4) is 0 Å². The molecule has 15 heavy (non-hydrogen) atoms. The molecule has 4 nitrogen and oxygen atoms in total. The Morgan fingerprint density at radius 3 is 3.07 bits per heavy atom. The largest absolute Gasteiger partial charge is 0.358 e. The lowest BCUT2D eigenvalue weighted by Crippen LogP contribution is -2.40. The molecule has 82 valence electrons. The molecule has 1 aromatic rings. The Bertz CT molecular complexity index is 307.